The molecule has 1 atom stereocenters. The van der Waals surface area contributed by atoms with Crippen molar-refractivity contribution in [2.45, 2.75) is 38.3 Å². The van der Waals surface area contributed by atoms with Crippen molar-refractivity contribution in [2.24, 2.45) is 0 Å². The van der Waals surface area contributed by atoms with Crippen LogP contribution in [0.5, 0.6) is 0 Å². The predicted octanol–water partition coefficient (Wildman–Crippen LogP) is 2.48. The summed E-state index contributed by atoms with van der Waals surface area (Å²) in [5, 5.41) is 8.84. The highest BCUT2D eigenvalue weighted by molar-refractivity contribution is 7.93. The number of hydrogen-bond donors (Lipinski definition) is 1. The Labute approximate surface area is 155 Å². The largest absolute Gasteiger partial charge is 0.396 e. The van der Waals surface area contributed by atoms with Gasteiger partial charge in [0.1, 0.15) is 6.04 Å². The van der Waals surface area contributed by atoms with Gasteiger partial charge in [-0.1, -0.05) is 24.3 Å². The molecular weight excluding hydrogens is 359 g/mol. The van der Waals surface area contributed by atoms with Gasteiger partial charge in [0.25, 0.3) is 11.8 Å². The molecule has 1 N–H and O–H groups in total. The van der Waals surface area contributed by atoms with Crippen molar-refractivity contribution in [3.8, 4) is 0 Å². The molecule has 0 aliphatic carbocycles. The van der Waals surface area contributed by atoms with Gasteiger partial charge in [0.15, 0.2) is 12.3 Å². The van der Waals surface area contributed by atoms with E-state index in [0.29, 0.717) is 16.3 Å². The van der Waals surface area contributed by atoms with Gasteiger partial charge in [-0.2, -0.15) is 4.31 Å². The molecule has 0 bridgehead atoms. The van der Waals surface area contributed by atoms with Crippen LogP contribution in [0.2, 0.25) is 0 Å². The molecule has 1 aromatic rings. The van der Waals surface area contributed by atoms with Crippen LogP contribution in [0, 0.1) is 0 Å². The van der Waals surface area contributed by atoms with Crippen molar-refractivity contribution in [3.63, 3.8) is 0 Å². The fourth-order valence-corrected chi connectivity index (χ4v) is 3.67. The maximum absolute atomic E-state index is 12.9. The molecule has 138 valence electrons. The van der Waals surface area contributed by atoms with Gasteiger partial charge in [-0.15, -0.1) is 3.89 Å². The minimum Gasteiger partial charge on any atom is -0.396 e. The second-order valence-electron chi connectivity index (χ2n) is 6.22. The van der Waals surface area contributed by atoms with Crippen LogP contribution < -0.4 is 0 Å². The highest BCUT2D eigenvalue weighted by atomic mass is 32.2. The predicted molar refractivity (Wildman–Crippen MR) is 95.2 cm³/mol. The lowest BCUT2D eigenvalue weighted by atomic mass is 10.0. The summed E-state index contributed by atoms with van der Waals surface area (Å²) >= 11 is -0.407. The van der Waals surface area contributed by atoms with E-state index in [4.69, 9.17) is 5.11 Å². The summed E-state index contributed by atoms with van der Waals surface area (Å²) in [5.41, 5.74) is 2.23. The first kappa shape index (κ1) is 18.6. The number of rotatable bonds is 6. The van der Waals surface area contributed by atoms with Gasteiger partial charge in [0.2, 0.25) is 5.91 Å². The third-order valence-corrected chi connectivity index (χ3v) is 5.17. The Kier molecular flexibility index (Phi) is 5.73. The molecule has 3 rings (SSSR count). The van der Waals surface area contributed by atoms with E-state index in [1.165, 1.54) is 4.90 Å². The monoisotopic (exact) mass is 378 g/mol. The second kappa shape index (κ2) is 8.01. The Bertz CT molecular complexity index is 768. The van der Waals surface area contributed by atoms with E-state index in [9.17, 15) is 18.3 Å². The molecule has 1 fully saturated rings. The number of aliphatic hydroxyl groups excluding tert-OH is 1. The molecule has 0 radical (unpaired) electrons. The number of hydrogen-bond acceptors (Lipinski definition) is 5. The first-order valence-corrected chi connectivity index (χ1v) is 9.11. The van der Waals surface area contributed by atoms with Gasteiger partial charge < -0.3 is 10.0 Å². The first-order chi connectivity index (χ1) is 12.6. The molecule has 3 amide bonds. The van der Waals surface area contributed by atoms with E-state index in [0.717, 1.165) is 17.5 Å². The summed E-state index contributed by atoms with van der Waals surface area (Å²) in [6.07, 6.45) is 5.46. The topological polar surface area (TPSA) is 77.9 Å². The maximum Gasteiger partial charge on any atom is 0.264 e. The fraction of sp³-hybridized carbons (Fsp3) is 0.389. The van der Waals surface area contributed by atoms with Crippen LogP contribution in [0.4, 0.5) is 3.89 Å². The minimum atomic E-state index is -0.831. The van der Waals surface area contributed by atoms with Gasteiger partial charge in [-0.05, 0) is 36.5 Å². The zero-order valence-corrected chi connectivity index (χ0v) is 14.9. The van der Waals surface area contributed by atoms with Crippen LogP contribution in [0.1, 0.15) is 47.2 Å². The number of amides is 3. The van der Waals surface area contributed by atoms with Gasteiger partial charge in [0.05, 0.1) is 0 Å². The van der Waals surface area contributed by atoms with Gasteiger partial charge in [-0.25, -0.2) is 0 Å². The lowest BCUT2D eigenvalue weighted by molar-refractivity contribution is -0.145. The number of unbranched alkanes of at least 4 members (excludes halogenated alkanes) is 1. The zero-order valence-electron chi connectivity index (χ0n) is 14.1. The Morgan fingerprint density at radius 2 is 2.12 bits per heavy atom. The molecule has 1 unspecified atom stereocenters. The van der Waals surface area contributed by atoms with Crippen molar-refractivity contribution in [1.29, 1.82) is 0 Å². The standard InChI is InChI=1S/C18H19FN2O4S/c19-26-21-16(23)9-8-15(18(21)25)20-11-14-12(5-2-1-3-10-22)6-4-7-13(14)17(20)24/h2,4-7,15,22H,1,3,8-11H2/b5-2+. The normalized spacial score (nSPS) is 20.4. The van der Waals surface area contributed by atoms with E-state index in [1.807, 2.05) is 18.2 Å². The highest BCUT2D eigenvalue weighted by Crippen LogP contribution is 2.33. The molecule has 0 spiro atoms. The molecule has 2 heterocycles. The smallest absolute Gasteiger partial charge is 0.264 e. The molecule has 26 heavy (non-hydrogen) atoms. The van der Waals surface area contributed by atoms with E-state index >= 15 is 0 Å². The summed E-state index contributed by atoms with van der Waals surface area (Å²) in [6, 6.07) is 4.55. The van der Waals surface area contributed by atoms with Crippen LogP contribution in [0.25, 0.3) is 6.08 Å². The first-order valence-electron chi connectivity index (χ1n) is 8.44. The van der Waals surface area contributed by atoms with E-state index in [2.05, 4.69) is 0 Å². The quantitative estimate of drug-likeness (QED) is 0.467. The Balaban J connectivity index is 1.82. The van der Waals surface area contributed by atoms with Crippen LogP contribution in [0.15, 0.2) is 24.3 Å². The van der Waals surface area contributed by atoms with Crippen LogP contribution in [-0.4, -0.2) is 44.7 Å². The van der Waals surface area contributed by atoms with Crippen molar-refractivity contribution < 1.29 is 23.4 Å². The molecule has 1 saturated heterocycles. The van der Waals surface area contributed by atoms with Gasteiger partial charge >= 0.3 is 0 Å². The third kappa shape index (κ3) is 3.39. The van der Waals surface area contributed by atoms with Crippen LogP contribution >= 0.6 is 12.3 Å². The number of fused-ring (bicyclic) bond motifs is 1. The Morgan fingerprint density at radius 1 is 1.31 bits per heavy atom. The number of allylic oxidation sites excluding steroid dienone is 1. The van der Waals surface area contributed by atoms with Crippen molar-refractivity contribution in [3.05, 3.63) is 41.0 Å². The maximum atomic E-state index is 12.9. The lowest BCUT2D eigenvalue weighted by Gasteiger charge is -2.32. The number of halogens is 1. The summed E-state index contributed by atoms with van der Waals surface area (Å²) < 4.78 is 13.4. The van der Waals surface area contributed by atoms with Crippen molar-refractivity contribution in [1.82, 2.24) is 9.21 Å². The van der Waals surface area contributed by atoms with Crippen LogP contribution in [0.3, 0.4) is 0 Å². The number of piperidine rings is 1. The number of carbonyl (C=O) groups excluding carboxylic acids is 3. The number of nitrogens with zero attached hydrogens (tertiary/aromatic N) is 2. The van der Waals surface area contributed by atoms with E-state index in [1.54, 1.807) is 12.1 Å². The Hall–Kier alpha value is -2.19. The Morgan fingerprint density at radius 3 is 2.85 bits per heavy atom. The molecule has 0 saturated carbocycles. The number of carbonyl (C=O) groups is 3. The van der Waals surface area contributed by atoms with Gasteiger partial charge in [-0.3, -0.25) is 14.4 Å². The molecule has 2 aliphatic rings. The van der Waals surface area contributed by atoms with E-state index < -0.39 is 30.2 Å². The van der Waals surface area contributed by atoms with Gasteiger partial charge in [0, 0.05) is 25.1 Å². The van der Waals surface area contributed by atoms with E-state index in [-0.39, 0.29) is 31.9 Å². The van der Waals surface area contributed by atoms with Crippen molar-refractivity contribution in [2.75, 3.05) is 6.61 Å². The summed E-state index contributed by atoms with van der Waals surface area (Å²) in [4.78, 5) is 38.2. The summed E-state index contributed by atoms with van der Waals surface area (Å²) in [6.45, 7) is 0.374. The molecule has 2 aliphatic heterocycles. The average molecular weight is 378 g/mol. The van der Waals surface area contributed by atoms with Crippen molar-refractivity contribution >= 4 is 36.1 Å². The fourth-order valence-electron chi connectivity index (χ4n) is 3.31. The molecule has 0 aromatic heterocycles. The molecule has 1 aromatic carbocycles. The highest BCUT2D eigenvalue weighted by Gasteiger charge is 2.43. The number of benzene rings is 1. The number of aliphatic hydroxyl groups is 1. The molecule has 8 heteroatoms. The summed E-state index contributed by atoms with van der Waals surface area (Å²) in [5.74, 6) is -1.53. The zero-order chi connectivity index (χ0) is 18.7. The van der Waals surface area contributed by atoms with Crippen LogP contribution in [-0.2, 0) is 16.1 Å². The summed E-state index contributed by atoms with van der Waals surface area (Å²) in [7, 11) is 0. The average Bonchev–Trinajstić information content (AvgIpc) is 2.97. The number of imide groups is 1. The minimum absolute atomic E-state index is 0.0291. The second-order valence-corrected chi connectivity index (χ2v) is 6.73. The third-order valence-electron chi connectivity index (χ3n) is 4.65. The molecule has 6 nitrogen and oxygen atoms in total. The SMILES string of the molecule is O=C1CCC(N2Cc3c(/C=C/CCCO)cccc3C2=O)C(=O)N1SF. The lowest BCUT2D eigenvalue weighted by Crippen LogP contribution is -2.51. The molecular formula is C18H19FN2O4S.